The predicted octanol–water partition coefficient (Wildman–Crippen LogP) is 3.34. The first-order chi connectivity index (χ1) is 9.19. The predicted molar refractivity (Wildman–Crippen MR) is 84.3 cm³/mol. The molecular weight excluding hydrogens is 258 g/mol. The fourth-order valence-electron chi connectivity index (χ4n) is 1.94. The molecule has 1 N–H and O–H groups in total. The van der Waals surface area contributed by atoms with E-state index in [4.69, 9.17) is 4.74 Å². The van der Waals surface area contributed by atoms with Gasteiger partial charge in [0.15, 0.2) is 0 Å². The number of nitrogens with one attached hydrogen (secondary N) is 1. The second-order valence-electron chi connectivity index (χ2n) is 4.72. The van der Waals surface area contributed by atoms with Crippen LogP contribution in [0.25, 0.3) is 0 Å². The molecule has 1 atom stereocenters. The van der Waals surface area contributed by atoms with Crippen molar-refractivity contribution in [3.63, 3.8) is 0 Å². The summed E-state index contributed by atoms with van der Waals surface area (Å²) in [5.41, 5.74) is 1.07. The number of ether oxygens (including phenoxy) is 1. The molecule has 5 heteroatoms. The maximum atomic E-state index is 5.06. The van der Waals surface area contributed by atoms with Gasteiger partial charge in [0.1, 0.15) is 0 Å². The van der Waals surface area contributed by atoms with E-state index < -0.39 is 0 Å². The van der Waals surface area contributed by atoms with Crippen LogP contribution < -0.4 is 5.32 Å². The lowest BCUT2D eigenvalue weighted by atomic mass is 10.2. The second kappa shape index (κ2) is 9.26. The molecule has 0 aliphatic rings. The third-order valence-electron chi connectivity index (χ3n) is 3.02. The lowest BCUT2D eigenvalue weighted by Gasteiger charge is -2.16. The van der Waals surface area contributed by atoms with E-state index in [1.807, 2.05) is 18.7 Å². The number of nitrogens with zero attached hydrogens (tertiary/aromatic N) is 2. The van der Waals surface area contributed by atoms with Gasteiger partial charge in [-0.3, -0.25) is 0 Å². The Morgan fingerprint density at radius 3 is 3.00 bits per heavy atom. The lowest BCUT2D eigenvalue weighted by Crippen LogP contribution is -2.13. The maximum Gasteiger partial charge on any atom is 0.203 e. The molecule has 19 heavy (non-hydrogen) atoms. The van der Waals surface area contributed by atoms with E-state index in [0.717, 1.165) is 31.2 Å². The lowest BCUT2D eigenvalue weighted by molar-refractivity contribution is 0.197. The first-order valence-electron chi connectivity index (χ1n) is 7.05. The molecule has 0 aliphatic heterocycles. The van der Waals surface area contributed by atoms with E-state index in [9.17, 15) is 0 Å². The van der Waals surface area contributed by atoms with Crippen molar-refractivity contribution in [2.24, 2.45) is 0 Å². The quantitative estimate of drug-likeness (QED) is 0.669. The molecule has 4 nitrogen and oxygen atoms in total. The van der Waals surface area contributed by atoms with E-state index in [2.05, 4.69) is 34.9 Å². The molecule has 1 heterocycles. The molecule has 1 rings (SSSR count). The molecule has 1 unspecified atom stereocenters. The number of rotatable bonds is 10. The maximum absolute atomic E-state index is 5.06. The Labute approximate surface area is 121 Å². The number of anilines is 1. The van der Waals surface area contributed by atoms with Crippen LogP contribution in [0.4, 0.5) is 5.95 Å². The summed E-state index contributed by atoms with van der Waals surface area (Å²) < 4.78 is 7.32. The van der Waals surface area contributed by atoms with Crippen molar-refractivity contribution in [2.45, 2.75) is 39.7 Å². The van der Waals surface area contributed by atoms with Crippen molar-refractivity contribution < 1.29 is 4.74 Å². The summed E-state index contributed by atoms with van der Waals surface area (Å²) in [6, 6.07) is 0.491. The summed E-state index contributed by atoms with van der Waals surface area (Å²) in [6.45, 7) is 8.21. The fourth-order valence-corrected chi connectivity index (χ4v) is 2.73. The Morgan fingerprint density at radius 2 is 2.32 bits per heavy atom. The third-order valence-corrected chi connectivity index (χ3v) is 3.95. The van der Waals surface area contributed by atoms with Gasteiger partial charge in [0.25, 0.3) is 0 Å². The van der Waals surface area contributed by atoms with Crippen LogP contribution >= 0.6 is 11.8 Å². The number of aryl methyl sites for hydroxylation is 1. The third kappa shape index (κ3) is 5.87. The van der Waals surface area contributed by atoms with Gasteiger partial charge in [-0.25, -0.2) is 4.98 Å². The molecule has 0 amide bonds. The van der Waals surface area contributed by atoms with E-state index in [1.54, 1.807) is 7.11 Å². The van der Waals surface area contributed by atoms with Crippen molar-refractivity contribution in [3.8, 4) is 0 Å². The van der Waals surface area contributed by atoms with Gasteiger partial charge in [0, 0.05) is 32.5 Å². The van der Waals surface area contributed by atoms with Crippen LogP contribution in [0, 0.1) is 6.92 Å². The highest BCUT2D eigenvalue weighted by Crippen LogP contribution is 2.20. The van der Waals surface area contributed by atoms with Crippen LogP contribution in [0.2, 0.25) is 0 Å². The second-order valence-corrected chi connectivity index (χ2v) is 6.11. The molecule has 0 saturated heterocycles. The number of hydrogen-bond acceptors (Lipinski definition) is 4. The minimum absolute atomic E-state index is 0.491. The molecule has 110 valence electrons. The van der Waals surface area contributed by atoms with Gasteiger partial charge in [-0.1, -0.05) is 6.92 Å². The largest absolute Gasteiger partial charge is 0.385 e. The Morgan fingerprint density at radius 1 is 1.53 bits per heavy atom. The summed E-state index contributed by atoms with van der Waals surface area (Å²) in [5, 5.41) is 3.41. The average molecular weight is 285 g/mol. The Balaban J connectivity index is 2.51. The normalized spacial score (nSPS) is 12.6. The van der Waals surface area contributed by atoms with Crippen molar-refractivity contribution >= 4 is 17.7 Å². The van der Waals surface area contributed by atoms with Crippen molar-refractivity contribution in [3.05, 3.63) is 11.9 Å². The molecule has 0 aliphatic carbocycles. The van der Waals surface area contributed by atoms with Crippen LogP contribution in [0.5, 0.6) is 0 Å². The zero-order chi connectivity index (χ0) is 14.1. The van der Waals surface area contributed by atoms with Gasteiger partial charge in [0.2, 0.25) is 5.95 Å². The number of thioether (sulfide) groups is 1. The highest BCUT2D eigenvalue weighted by molar-refractivity contribution is 7.99. The monoisotopic (exact) mass is 285 g/mol. The minimum Gasteiger partial charge on any atom is -0.385 e. The van der Waals surface area contributed by atoms with Crippen molar-refractivity contribution in [1.29, 1.82) is 0 Å². The molecule has 1 aromatic heterocycles. The van der Waals surface area contributed by atoms with Crippen LogP contribution in [-0.2, 0) is 4.74 Å². The molecule has 0 bridgehead atoms. The standard InChI is InChI=1S/C14H27N3OS/c1-5-19-10-7-13(3)17-11-12(2)16-14(17)15-8-6-9-18-4/h11,13H,5-10H2,1-4H3,(H,15,16). The summed E-state index contributed by atoms with van der Waals surface area (Å²) in [6.07, 6.45) is 4.32. The highest BCUT2D eigenvalue weighted by Gasteiger charge is 2.11. The first kappa shape index (κ1) is 16.4. The van der Waals surface area contributed by atoms with Crippen molar-refractivity contribution in [2.75, 3.05) is 37.1 Å². The molecule has 1 aromatic rings. The summed E-state index contributed by atoms with van der Waals surface area (Å²) >= 11 is 2.00. The van der Waals surface area contributed by atoms with Gasteiger partial charge in [-0.2, -0.15) is 11.8 Å². The van der Waals surface area contributed by atoms with Gasteiger partial charge in [-0.15, -0.1) is 0 Å². The van der Waals surface area contributed by atoms with Crippen LogP contribution in [-0.4, -0.2) is 41.3 Å². The minimum atomic E-state index is 0.491. The zero-order valence-corrected chi connectivity index (χ0v) is 13.4. The highest BCUT2D eigenvalue weighted by atomic mass is 32.2. The van der Waals surface area contributed by atoms with Crippen LogP contribution in [0.15, 0.2) is 6.20 Å². The molecule has 0 radical (unpaired) electrons. The Bertz CT molecular complexity index is 354. The zero-order valence-electron chi connectivity index (χ0n) is 12.6. The number of imidazole rings is 1. The molecule has 0 spiro atoms. The summed E-state index contributed by atoms with van der Waals surface area (Å²) in [7, 11) is 1.73. The Hall–Kier alpha value is -0.680. The molecule has 0 aromatic carbocycles. The van der Waals surface area contributed by atoms with Gasteiger partial charge >= 0.3 is 0 Å². The van der Waals surface area contributed by atoms with E-state index >= 15 is 0 Å². The molecule has 0 saturated carbocycles. The number of hydrogen-bond donors (Lipinski definition) is 1. The first-order valence-corrected chi connectivity index (χ1v) is 8.20. The Kier molecular flexibility index (Phi) is 7.98. The van der Waals surface area contributed by atoms with Crippen LogP contribution in [0.1, 0.15) is 38.4 Å². The SMILES string of the molecule is CCSCCC(C)n1cc(C)nc1NCCCOC. The number of aromatic nitrogens is 2. The number of methoxy groups -OCH3 is 1. The van der Waals surface area contributed by atoms with Crippen LogP contribution in [0.3, 0.4) is 0 Å². The van der Waals surface area contributed by atoms with Gasteiger partial charge in [-0.05, 0) is 38.2 Å². The fraction of sp³-hybridized carbons (Fsp3) is 0.786. The molecular formula is C14H27N3OS. The van der Waals surface area contributed by atoms with E-state index in [0.29, 0.717) is 6.04 Å². The smallest absolute Gasteiger partial charge is 0.203 e. The van der Waals surface area contributed by atoms with Gasteiger partial charge in [0.05, 0.1) is 5.69 Å². The topological polar surface area (TPSA) is 39.1 Å². The summed E-state index contributed by atoms with van der Waals surface area (Å²) in [5.74, 6) is 3.39. The van der Waals surface area contributed by atoms with E-state index in [1.165, 1.54) is 17.9 Å². The molecule has 0 fully saturated rings. The van der Waals surface area contributed by atoms with Gasteiger partial charge < -0.3 is 14.6 Å². The average Bonchev–Trinajstić information content (AvgIpc) is 2.76. The summed E-state index contributed by atoms with van der Waals surface area (Å²) in [4.78, 5) is 4.56. The van der Waals surface area contributed by atoms with E-state index in [-0.39, 0.29) is 0 Å². The van der Waals surface area contributed by atoms with Crippen molar-refractivity contribution in [1.82, 2.24) is 9.55 Å².